The van der Waals surface area contributed by atoms with E-state index in [0.717, 1.165) is 6.20 Å². The summed E-state index contributed by atoms with van der Waals surface area (Å²) in [6.45, 7) is 1.56. The molecule has 4 rings (SSSR count). The fourth-order valence-corrected chi connectivity index (χ4v) is 4.47. The lowest BCUT2D eigenvalue weighted by atomic mass is 9.62. The topological polar surface area (TPSA) is 126 Å². The molecule has 0 radical (unpaired) electrons. The summed E-state index contributed by atoms with van der Waals surface area (Å²) in [4.78, 5) is 26.2. The number of aliphatic hydroxyl groups is 1. The second kappa shape index (κ2) is 7.69. The Balaban J connectivity index is 1.80. The van der Waals surface area contributed by atoms with E-state index in [0.29, 0.717) is 22.4 Å². The van der Waals surface area contributed by atoms with E-state index in [1.54, 1.807) is 37.3 Å². The van der Waals surface area contributed by atoms with Crippen LogP contribution in [0.2, 0.25) is 0 Å². The molecule has 1 heterocycles. The maximum atomic E-state index is 15.2. The van der Waals surface area contributed by atoms with Gasteiger partial charge in [-0.25, -0.2) is 14.2 Å². The minimum absolute atomic E-state index is 0.0353. The molecule has 1 aliphatic carbocycles. The molecule has 0 atom stereocenters. The maximum Gasteiger partial charge on any atom is 0.405 e. The number of hydrogen-bond donors (Lipinski definition) is 3. The standard InChI is InChI=1S/C23H20FN3O5/c1-22(30)12-23(13-22,26-21(28)29)18-8-7-15(9-19(18)24)20-17(14-5-3-2-4-6-14)10-16(11-25-20)27(31)32/h2-11,26,30H,12-13H2,1H3,(H,28,29). The van der Waals surface area contributed by atoms with Crippen LogP contribution in [0, 0.1) is 15.9 Å². The van der Waals surface area contributed by atoms with Gasteiger partial charge in [0.15, 0.2) is 0 Å². The molecular formula is C23H20FN3O5. The minimum Gasteiger partial charge on any atom is -0.465 e. The molecule has 1 saturated carbocycles. The van der Waals surface area contributed by atoms with Crippen LogP contribution in [0.25, 0.3) is 22.4 Å². The van der Waals surface area contributed by atoms with Gasteiger partial charge in [-0.15, -0.1) is 0 Å². The monoisotopic (exact) mass is 437 g/mol. The van der Waals surface area contributed by atoms with E-state index in [1.165, 1.54) is 18.2 Å². The van der Waals surface area contributed by atoms with Gasteiger partial charge in [0.2, 0.25) is 0 Å². The second-order valence-electron chi connectivity index (χ2n) is 8.27. The predicted molar refractivity (Wildman–Crippen MR) is 114 cm³/mol. The molecule has 32 heavy (non-hydrogen) atoms. The van der Waals surface area contributed by atoms with Crippen molar-refractivity contribution < 1.29 is 24.3 Å². The molecule has 164 valence electrons. The Morgan fingerprint density at radius 2 is 1.84 bits per heavy atom. The predicted octanol–water partition coefficient (Wildman–Crippen LogP) is 4.47. The molecule has 0 aliphatic heterocycles. The van der Waals surface area contributed by atoms with Crippen LogP contribution in [0.1, 0.15) is 25.3 Å². The van der Waals surface area contributed by atoms with Crippen LogP contribution in [-0.2, 0) is 5.54 Å². The van der Waals surface area contributed by atoms with E-state index in [1.807, 2.05) is 6.07 Å². The van der Waals surface area contributed by atoms with Crippen LogP contribution in [0.3, 0.4) is 0 Å². The van der Waals surface area contributed by atoms with E-state index in [4.69, 9.17) is 0 Å². The second-order valence-corrected chi connectivity index (χ2v) is 8.27. The van der Waals surface area contributed by atoms with Crippen LogP contribution < -0.4 is 5.32 Å². The number of nitrogens with zero attached hydrogens (tertiary/aromatic N) is 2. The van der Waals surface area contributed by atoms with Gasteiger partial charge in [-0.1, -0.05) is 42.5 Å². The van der Waals surface area contributed by atoms with Crippen molar-refractivity contribution in [3.8, 4) is 22.4 Å². The van der Waals surface area contributed by atoms with Crippen LogP contribution >= 0.6 is 0 Å². The molecule has 9 heteroatoms. The first kappa shape index (κ1) is 21.4. The highest BCUT2D eigenvalue weighted by molar-refractivity contribution is 5.82. The van der Waals surface area contributed by atoms with Gasteiger partial charge in [-0.05, 0) is 18.6 Å². The fourth-order valence-electron chi connectivity index (χ4n) is 4.47. The molecule has 0 saturated heterocycles. The van der Waals surface area contributed by atoms with Crippen molar-refractivity contribution in [3.63, 3.8) is 0 Å². The third-order valence-corrected chi connectivity index (χ3v) is 5.64. The first-order valence-corrected chi connectivity index (χ1v) is 9.84. The van der Waals surface area contributed by atoms with Gasteiger partial charge in [0.05, 0.1) is 21.8 Å². The SMILES string of the molecule is CC1(O)CC(NC(=O)O)(c2ccc(-c3ncc([N+](=O)[O-])cc3-c3ccccc3)cc2F)C1. The van der Waals surface area contributed by atoms with Gasteiger partial charge < -0.3 is 15.5 Å². The highest BCUT2D eigenvalue weighted by Crippen LogP contribution is 2.49. The summed E-state index contributed by atoms with van der Waals surface area (Å²) in [7, 11) is 0. The molecule has 8 nitrogen and oxygen atoms in total. The number of pyridine rings is 1. The number of carboxylic acid groups (broad SMARTS) is 1. The summed E-state index contributed by atoms with van der Waals surface area (Å²) in [5.41, 5.74) is -0.509. The van der Waals surface area contributed by atoms with E-state index < -0.39 is 28.0 Å². The third kappa shape index (κ3) is 3.90. The normalized spacial score (nSPS) is 22.1. The van der Waals surface area contributed by atoms with Crippen LogP contribution in [0.5, 0.6) is 0 Å². The highest BCUT2D eigenvalue weighted by atomic mass is 19.1. The Labute approximate surface area is 182 Å². The summed E-state index contributed by atoms with van der Waals surface area (Å²) < 4.78 is 15.2. The maximum absolute atomic E-state index is 15.2. The van der Waals surface area contributed by atoms with E-state index in [9.17, 15) is 25.1 Å². The summed E-state index contributed by atoms with van der Waals surface area (Å²) in [5.74, 6) is -0.661. The molecule has 3 N–H and O–H groups in total. The Bertz CT molecular complexity index is 1210. The van der Waals surface area contributed by atoms with E-state index >= 15 is 4.39 Å². The zero-order valence-electron chi connectivity index (χ0n) is 17.1. The van der Waals surface area contributed by atoms with Crippen molar-refractivity contribution in [1.82, 2.24) is 10.3 Å². The average molecular weight is 437 g/mol. The third-order valence-electron chi connectivity index (χ3n) is 5.64. The average Bonchev–Trinajstić information content (AvgIpc) is 2.71. The Morgan fingerprint density at radius 3 is 2.41 bits per heavy atom. The number of hydrogen-bond acceptors (Lipinski definition) is 5. The number of rotatable bonds is 5. The molecule has 2 aromatic carbocycles. The highest BCUT2D eigenvalue weighted by Gasteiger charge is 2.54. The largest absolute Gasteiger partial charge is 0.465 e. The van der Waals surface area contributed by atoms with E-state index in [-0.39, 0.29) is 24.1 Å². The van der Waals surface area contributed by atoms with Crippen molar-refractivity contribution in [1.29, 1.82) is 0 Å². The Hall–Kier alpha value is -3.85. The number of nitro groups is 1. The Kier molecular flexibility index (Phi) is 5.14. The molecule has 1 aromatic heterocycles. The van der Waals surface area contributed by atoms with Gasteiger partial charge in [0.25, 0.3) is 5.69 Å². The molecule has 0 bridgehead atoms. The molecule has 0 spiro atoms. The number of amides is 1. The lowest BCUT2D eigenvalue weighted by Gasteiger charge is -2.51. The molecule has 1 aliphatic rings. The molecule has 3 aromatic rings. The number of halogens is 1. The van der Waals surface area contributed by atoms with Crippen LogP contribution in [-0.4, -0.2) is 31.8 Å². The lowest BCUT2D eigenvalue weighted by molar-refractivity contribution is -0.385. The summed E-state index contributed by atoms with van der Waals surface area (Å²) >= 11 is 0. The quantitative estimate of drug-likeness (QED) is 0.399. The van der Waals surface area contributed by atoms with Crippen LogP contribution in [0.4, 0.5) is 14.9 Å². The number of aromatic nitrogens is 1. The van der Waals surface area contributed by atoms with Crippen molar-refractivity contribution in [3.05, 3.63) is 82.3 Å². The number of nitrogens with one attached hydrogen (secondary N) is 1. The van der Waals surface area contributed by atoms with Gasteiger partial charge in [-0.3, -0.25) is 10.1 Å². The van der Waals surface area contributed by atoms with Gasteiger partial charge in [0, 0.05) is 35.6 Å². The molecule has 1 fully saturated rings. The minimum atomic E-state index is -1.31. The molecular weight excluding hydrogens is 417 g/mol. The van der Waals surface area contributed by atoms with Crippen molar-refractivity contribution in [2.24, 2.45) is 0 Å². The first-order valence-electron chi connectivity index (χ1n) is 9.84. The van der Waals surface area contributed by atoms with Crippen molar-refractivity contribution in [2.45, 2.75) is 30.9 Å². The summed E-state index contributed by atoms with van der Waals surface area (Å²) in [5, 5.41) is 33.0. The molecule has 0 unspecified atom stereocenters. The Morgan fingerprint density at radius 1 is 1.16 bits per heavy atom. The van der Waals surface area contributed by atoms with Gasteiger partial charge >= 0.3 is 6.09 Å². The van der Waals surface area contributed by atoms with Gasteiger partial charge in [0.1, 0.15) is 12.0 Å². The smallest absolute Gasteiger partial charge is 0.405 e. The zero-order valence-corrected chi connectivity index (χ0v) is 17.1. The first-order chi connectivity index (χ1) is 15.1. The zero-order chi connectivity index (χ0) is 23.1. The fraction of sp³-hybridized carbons (Fsp3) is 0.217. The van der Waals surface area contributed by atoms with Crippen molar-refractivity contribution >= 4 is 11.8 Å². The van der Waals surface area contributed by atoms with E-state index in [2.05, 4.69) is 10.3 Å². The van der Waals surface area contributed by atoms with Crippen molar-refractivity contribution in [2.75, 3.05) is 0 Å². The number of carbonyl (C=O) groups is 1. The number of benzene rings is 2. The summed E-state index contributed by atoms with van der Waals surface area (Å²) in [6.07, 6.45) is -0.127. The van der Waals surface area contributed by atoms with Gasteiger partial charge in [-0.2, -0.15) is 0 Å². The lowest BCUT2D eigenvalue weighted by Crippen LogP contribution is -2.62. The molecule has 1 amide bonds. The summed E-state index contributed by atoms with van der Waals surface area (Å²) in [6, 6.07) is 14.6. The van der Waals surface area contributed by atoms with Crippen LogP contribution in [0.15, 0.2) is 60.8 Å².